The molecule has 0 saturated heterocycles. The molecular formula is C17H28BrNO2. The van der Waals surface area contributed by atoms with Gasteiger partial charge in [-0.05, 0) is 58.9 Å². The van der Waals surface area contributed by atoms with Gasteiger partial charge in [0, 0.05) is 5.56 Å². The average molecular weight is 358 g/mol. The third-order valence-corrected chi connectivity index (χ3v) is 4.30. The molecule has 0 radical (unpaired) electrons. The lowest BCUT2D eigenvalue weighted by Gasteiger charge is -2.28. The van der Waals surface area contributed by atoms with Crippen LogP contribution in [0.1, 0.15) is 39.7 Å². The van der Waals surface area contributed by atoms with Crippen LogP contribution in [0.3, 0.4) is 0 Å². The second kappa shape index (κ2) is 8.04. The van der Waals surface area contributed by atoms with Gasteiger partial charge in [0.25, 0.3) is 0 Å². The highest BCUT2D eigenvalue weighted by atomic mass is 79.9. The Kier molecular flexibility index (Phi) is 7.01. The van der Waals surface area contributed by atoms with Gasteiger partial charge in [0.15, 0.2) is 0 Å². The van der Waals surface area contributed by atoms with Crippen LogP contribution >= 0.6 is 15.9 Å². The molecule has 1 N–H and O–H groups in total. The number of halogens is 1. The summed E-state index contributed by atoms with van der Waals surface area (Å²) in [5, 5.41) is 3.51. The quantitative estimate of drug-likeness (QED) is 0.700. The number of hydrogen-bond donors (Lipinski definition) is 1. The summed E-state index contributed by atoms with van der Waals surface area (Å²) in [6.07, 6.45) is 1.04. The van der Waals surface area contributed by atoms with E-state index in [0.29, 0.717) is 5.92 Å². The van der Waals surface area contributed by atoms with E-state index in [1.807, 2.05) is 6.07 Å². The van der Waals surface area contributed by atoms with Crippen molar-refractivity contribution in [3.63, 3.8) is 0 Å². The SMILES string of the molecule is COc1cc(C(C)(C)CCNCC(C)C)c(OC)cc1Br. The van der Waals surface area contributed by atoms with E-state index >= 15 is 0 Å². The normalized spacial score (nSPS) is 11.8. The zero-order chi connectivity index (χ0) is 16.0. The van der Waals surface area contributed by atoms with Crippen LogP contribution in [-0.4, -0.2) is 27.3 Å². The number of hydrogen-bond acceptors (Lipinski definition) is 3. The van der Waals surface area contributed by atoms with Gasteiger partial charge in [0.2, 0.25) is 0 Å². The molecule has 0 amide bonds. The van der Waals surface area contributed by atoms with E-state index in [9.17, 15) is 0 Å². The molecule has 0 atom stereocenters. The van der Waals surface area contributed by atoms with Crippen molar-refractivity contribution >= 4 is 15.9 Å². The lowest BCUT2D eigenvalue weighted by Crippen LogP contribution is -2.28. The van der Waals surface area contributed by atoms with Crippen molar-refractivity contribution in [3.05, 3.63) is 22.2 Å². The summed E-state index contributed by atoms with van der Waals surface area (Å²) < 4.78 is 11.9. The van der Waals surface area contributed by atoms with Crippen LogP contribution in [0, 0.1) is 5.92 Å². The van der Waals surface area contributed by atoms with Crippen LogP contribution in [0.15, 0.2) is 16.6 Å². The summed E-state index contributed by atoms with van der Waals surface area (Å²) in [6, 6.07) is 4.06. The van der Waals surface area contributed by atoms with Gasteiger partial charge in [-0.3, -0.25) is 0 Å². The first-order chi connectivity index (χ1) is 9.81. The molecule has 1 aromatic carbocycles. The first kappa shape index (κ1) is 18.3. The molecule has 0 fully saturated rings. The molecule has 120 valence electrons. The number of benzene rings is 1. The van der Waals surface area contributed by atoms with Crippen molar-refractivity contribution in [2.75, 3.05) is 27.3 Å². The molecule has 0 spiro atoms. The van der Waals surface area contributed by atoms with Gasteiger partial charge >= 0.3 is 0 Å². The highest BCUT2D eigenvalue weighted by molar-refractivity contribution is 9.10. The van der Waals surface area contributed by atoms with Gasteiger partial charge in [-0.15, -0.1) is 0 Å². The van der Waals surface area contributed by atoms with Crippen molar-refractivity contribution in [2.45, 2.75) is 39.5 Å². The van der Waals surface area contributed by atoms with Gasteiger partial charge in [-0.1, -0.05) is 27.7 Å². The van der Waals surface area contributed by atoms with Gasteiger partial charge in [-0.25, -0.2) is 0 Å². The lowest BCUT2D eigenvalue weighted by atomic mass is 9.81. The summed E-state index contributed by atoms with van der Waals surface area (Å²) in [6.45, 7) is 11.0. The maximum absolute atomic E-state index is 5.55. The predicted molar refractivity (Wildman–Crippen MR) is 92.6 cm³/mol. The topological polar surface area (TPSA) is 30.5 Å². The Morgan fingerprint density at radius 2 is 1.76 bits per heavy atom. The van der Waals surface area contributed by atoms with Crippen molar-refractivity contribution in [2.24, 2.45) is 5.92 Å². The number of rotatable bonds is 8. The lowest BCUT2D eigenvalue weighted by molar-refractivity contribution is 0.372. The molecular weight excluding hydrogens is 330 g/mol. The summed E-state index contributed by atoms with van der Waals surface area (Å²) in [4.78, 5) is 0. The minimum Gasteiger partial charge on any atom is -0.496 e. The molecule has 1 aromatic rings. The first-order valence-electron chi connectivity index (χ1n) is 7.44. The van der Waals surface area contributed by atoms with Gasteiger partial charge in [0.05, 0.1) is 18.7 Å². The van der Waals surface area contributed by atoms with Crippen LogP contribution in [0.25, 0.3) is 0 Å². The fourth-order valence-electron chi connectivity index (χ4n) is 2.32. The molecule has 1 rings (SSSR count). The molecule has 3 nitrogen and oxygen atoms in total. The zero-order valence-corrected chi connectivity index (χ0v) is 15.6. The van der Waals surface area contributed by atoms with E-state index in [2.05, 4.69) is 55.0 Å². The first-order valence-corrected chi connectivity index (χ1v) is 8.24. The average Bonchev–Trinajstić information content (AvgIpc) is 2.42. The minimum absolute atomic E-state index is 0.0172. The molecule has 0 heterocycles. The van der Waals surface area contributed by atoms with Crippen LogP contribution in [0.2, 0.25) is 0 Å². The summed E-state index contributed by atoms with van der Waals surface area (Å²) >= 11 is 3.51. The Balaban J connectivity index is 2.90. The van der Waals surface area contributed by atoms with E-state index in [1.54, 1.807) is 14.2 Å². The van der Waals surface area contributed by atoms with E-state index < -0.39 is 0 Å². The third-order valence-electron chi connectivity index (χ3n) is 3.68. The summed E-state index contributed by atoms with van der Waals surface area (Å²) in [5.41, 5.74) is 1.19. The van der Waals surface area contributed by atoms with Crippen molar-refractivity contribution < 1.29 is 9.47 Å². The Labute approximate surface area is 137 Å². The molecule has 0 bridgehead atoms. The van der Waals surface area contributed by atoms with Gasteiger partial charge < -0.3 is 14.8 Å². The second-order valence-electron chi connectivity index (χ2n) is 6.42. The van der Waals surface area contributed by atoms with Crippen LogP contribution in [0.4, 0.5) is 0 Å². The fraction of sp³-hybridized carbons (Fsp3) is 0.647. The molecule has 4 heteroatoms. The molecule has 0 aliphatic carbocycles. The van der Waals surface area contributed by atoms with E-state index in [4.69, 9.17) is 9.47 Å². The highest BCUT2D eigenvalue weighted by Gasteiger charge is 2.25. The van der Waals surface area contributed by atoms with E-state index in [1.165, 1.54) is 5.56 Å². The number of ether oxygens (including phenoxy) is 2. The maximum Gasteiger partial charge on any atom is 0.133 e. The molecule has 0 aliphatic rings. The molecule has 0 saturated carbocycles. The molecule has 0 aromatic heterocycles. The highest BCUT2D eigenvalue weighted by Crippen LogP contribution is 2.40. The third kappa shape index (κ3) is 5.19. The van der Waals surface area contributed by atoms with E-state index in [0.717, 1.165) is 35.5 Å². The number of methoxy groups -OCH3 is 2. The van der Waals surface area contributed by atoms with Gasteiger partial charge in [-0.2, -0.15) is 0 Å². The smallest absolute Gasteiger partial charge is 0.133 e. The monoisotopic (exact) mass is 357 g/mol. The van der Waals surface area contributed by atoms with Gasteiger partial charge in [0.1, 0.15) is 11.5 Å². The summed E-state index contributed by atoms with van der Waals surface area (Å²) in [7, 11) is 3.40. The second-order valence-corrected chi connectivity index (χ2v) is 7.27. The Hall–Kier alpha value is -0.740. The van der Waals surface area contributed by atoms with Crippen LogP contribution in [-0.2, 0) is 5.41 Å². The van der Waals surface area contributed by atoms with Crippen molar-refractivity contribution in [1.29, 1.82) is 0 Å². The number of nitrogens with one attached hydrogen (secondary N) is 1. The molecule has 0 aliphatic heterocycles. The fourth-order valence-corrected chi connectivity index (χ4v) is 2.80. The Bertz CT molecular complexity index is 458. The molecule has 0 unspecified atom stereocenters. The van der Waals surface area contributed by atoms with E-state index in [-0.39, 0.29) is 5.41 Å². The van der Waals surface area contributed by atoms with Crippen LogP contribution in [0.5, 0.6) is 11.5 Å². The minimum atomic E-state index is 0.0172. The molecule has 21 heavy (non-hydrogen) atoms. The largest absolute Gasteiger partial charge is 0.496 e. The van der Waals surface area contributed by atoms with Crippen molar-refractivity contribution in [1.82, 2.24) is 5.32 Å². The van der Waals surface area contributed by atoms with Crippen LogP contribution < -0.4 is 14.8 Å². The summed E-state index contributed by atoms with van der Waals surface area (Å²) in [5.74, 6) is 2.42. The Morgan fingerprint density at radius 1 is 1.14 bits per heavy atom. The Morgan fingerprint density at radius 3 is 2.29 bits per heavy atom. The zero-order valence-electron chi connectivity index (χ0n) is 14.0. The van der Waals surface area contributed by atoms with Crippen molar-refractivity contribution in [3.8, 4) is 11.5 Å². The standard InChI is InChI=1S/C17H28BrNO2/c1-12(2)11-19-8-7-17(3,4)13-9-16(21-6)14(18)10-15(13)20-5/h9-10,12,19H,7-8,11H2,1-6H3. The maximum atomic E-state index is 5.55. The predicted octanol–water partition coefficient (Wildman–Crippen LogP) is 4.38.